The summed E-state index contributed by atoms with van der Waals surface area (Å²) < 4.78 is 2.08. The number of rotatable bonds is 6. The van der Waals surface area contributed by atoms with Crippen molar-refractivity contribution in [2.24, 2.45) is 7.05 Å². The third kappa shape index (κ3) is 2.91. The maximum Gasteiger partial charge on any atom is 0.0955 e. The van der Waals surface area contributed by atoms with E-state index < -0.39 is 0 Å². The SMILES string of the molecule is CC[C@H](C)NCCCc1cccc2c1ncn2C. The maximum absolute atomic E-state index is 4.49. The highest BCUT2D eigenvalue weighted by Gasteiger charge is 2.05. The zero-order chi connectivity index (χ0) is 13.0. The van der Waals surface area contributed by atoms with Crippen molar-refractivity contribution in [3.8, 4) is 0 Å². The van der Waals surface area contributed by atoms with Crippen LogP contribution in [0, 0.1) is 0 Å². The average Bonchev–Trinajstić information content (AvgIpc) is 2.77. The molecule has 0 unspecified atom stereocenters. The molecule has 3 heteroatoms. The van der Waals surface area contributed by atoms with Gasteiger partial charge >= 0.3 is 0 Å². The van der Waals surface area contributed by atoms with Gasteiger partial charge in [0.1, 0.15) is 0 Å². The summed E-state index contributed by atoms with van der Waals surface area (Å²) in [5.41, 5.74) is 3.74. The first-order valence-electron chi connectivity index (χ1n) is 6.84. The summed E-state index contributed by atoms with van der Waals surface area (Å²) >= 11 is 0. The topological polar surface area (TPSA) is 29.9 Å². The molecule has 0 aliphatic rings. The Bertz CT molecular complexity index is 501. The Kier molecular flexibility index (Phi) is 4.37. The molecular formula is C15H23N3. The quantitative estimate of drug-likeness (QED) is 0.793. The standard InChI is InChI=1S/C15H23N3/c1-4-12(2)16-10-6-8-13-7-5-9-14-15(13)17-11-18(14)3/h5,7,9,11-12,16H,4,6,8,10H2,1-3H3/t12-/m0/s1. The molecule has 0 amide bonds. The summed E-state index contributed by atoms with van der Waals surface area (Å²) in [7, 11) is 2.05. The Hall–Kier alpha value is -1.35. The van der Waals surface area contributed by atoms with Crippen LogP contribution in [-0.2, 0) is 13.5 Å². The van der Waals surface area contributed by atoms with Crippen LogP contribution in [0.5, 0.6) is 0 Å². The van der Waals surface area contributed by atoms with Gasteiger partial charge in [-0.3, -0.25) is 0 Å². The summed E-state index contributed by atoms with van der Waals surface area (Å²) in [6, 6.07) is 7.07. The molecule has 1 heterocycles. The molecule has 0 bridgehead atoms. The summed E-state index contributed by atoms with van der Waals surface area (Å²) in [6.45, 7) is 5.53. The first-order chi connectivity index (χ1) is 8.72. The normalized spacial score (nSPS) is 13.1. The van der Waals surface area contributed by atoms with Crippen LogP contribution in [0.4, 0.5) is 0 Å². The molecule has 1 aromatic carbocycles. The smallest absolute Gasteiger partial charge is 0.0955 e. The van der Waals surface area contributed by atoms with E-state index in [1.54, 1.807) is 0 Å². The minimum absolute atomic E-state index is 0.621. The van der Waals surface area contributed by atoms with Crippen molar-refractivity contribution < 1.29 is 0 Å². The molecule has 18 heavy (non-hydrogen) atoms. The molecule has 2 rings (SSSR count). The highest BCUT2D eigenvalue weighted by molar-refractivity contribution is 5.78. The van der Waals surface area contributed by atoms with Gasteiger partial charge in [-0.1, -0.05) is 19.1 Å². The zero-order valence-corrected chi connectivity index (χ0v) is 11.6. The van der Waals surface area contributed by atoms with Crippen molar-refractivity contribution in [1.82, 2.24) is 14.9 Å². The van der Waals surface area contributed by atoms with Gasteiger partial charge in [0, 0.05) is 13.1 Å². The average molecular weight is 245 g/mol. The van der Waals surface area contributed by atoms with E-state index in [2.05, 4.69) is 46.9 Å². The van der Waals surface area contributed by atoms with Gasteiger partial charge in [0.15, 0.2) is 0 Å². The lowest BCUT2D eigenvalue weighted by Crippen LogP contribution is -2.26. The molecule has 0 spiro atoms. The lowest BCUT2D eigenvalue weighted by atomic mass is 10.1. The van der Waals surface area contributed by atoms with Gasteiger partial charge in [-0.25, -0.2) is 4.98 Å². The number of hydrogen-bond acceptors (Lipinski definition) is 2. The van der Waals surface area contributed by atoms with Crippen LogP contribution in [0.3, 0.4) is 0 Å². The second-order valence-corrected chi connectivity index (χ2v) is 5.01. The van der Waals surface area contributed by atoms with E-state index in [-0.39, 0.29) is 0 Å². The van der Waals surface area contributed by atoms with E-state index >= 15 is 0 Å². The van der Waals surface area contributed by atoms with E-state index in [1.165, 1.54) is 23.9 Å². The third-order valence-electron chi connectivity index (χ3n) is 3.57. The number of fused-ring (bicyclic) bond motifs is 1. The zero-order valence-electron chi connectivity index (χ0n) is 11.6. The summed E-state index contributed by atoms with van der Waals surface area (Å²) in [4.78, 5) is 4.49. The lowest BCUT2D eigenvalue weighted by molar-refractivity contribution is 0.524. The third-order valence-corrected chi connectivity index (χ3v) is 3.57. The number of nitrogens with zero attached hydrogens (tertiary/aromatic N) is 2. The highest BCUT2D eigenvalue weighted by Crippen LogP contribution is 2.17. The number of nitrogens with one attached hydrogen (secondary N) is 1. The molecule has 3 nitrogen and oxygen atoms in total. The van der Waals surface area contributed by atoms with E-state index in [0.717, 1.165) is 18.5 Å². The Morgan fingerprint density at radius 2 is 2.22 bits per heavy atom. The first kappa shape index (κ1) is 13.1. The minimum Gasteiger partial charge on any atom is -0.334 e. The molecule has 1 N–H and O–H groups in total. The minimum atomic E-state index is 0.621. The monoisotopic (exact) mass is 245 g/mol. The van der Waals surface area contributed by atoms with E-state index in [1.807, 2.05) is 13.4 Å². The maximum atomic E-state index is 4.49. The second kappa shape index (κ2) is 6.01. The Morgan fingerprint density at radius 3 is 3.00 bits per heavy atom. The predicted octanol–water partition coefficient (Wildman–Crippen LogP) is 2.89. The van der Waals surface area contributed by atoms with Crippen LogP contribution in [-0.4, -0.2) is 22.1 Å². The Labute approximate surface area is 109 Å². The number of aromatic nitrogens is 2. The van der Waals surface area contributed by atoms with E-state index in [4.69, 9.17) is 0 Å². The van der Waals surface area contributed by atoms with Crippen LogP contribution in [0.2, 0.25) is 0 Å². The van der Waals surface area contributed by atoms with Crippen molar-refractivity contribution in [3.63, 3.8) is 0 Å². The molecule has 0 aliphatic heterocycles. The van der Waals surface area contributed by atoms with Crippen LogP contribution in [0.15, 0.2) is 24.5 Å². The number of imidazole rings is 1. The molecule has 0 saturated carbocycles. The van der Waals surface area contributed by atoms with Crippen molar-refractivity contribution in [2.75, 3.05) is 6.54 Å². The summed E-state index contributed by atoms with van der Waals surface area (Å²) in [5, 5.41) is 3.53. The van der Waals surface area contributed by atoms with Gasteiger partial charge in [0.2, 0.25) is 0 Å². The van der Waals surface area contributed by atoms with Gasteiger partial charge in [0.05, 0.1) is 17.4 Å². The fourth-order valence-corrected chi connectivity index (χ4v) is 2.19. The Morgan fingerprint density at radius 1 is 1.39 bits per heavy atom. The predicted molar refractivity (Wildman–Crippen MR) is 76.8 cm³/mol. The molecule has 98 valence electrons. The molecule has 0 radical (unpaired) electrons. The molecule has 0 aliphatic carbocycles. The van der Waals surface area contributed by atoms with Gasteiger partial charge < -0.3 is 9.88 Å². The Balaban J connectivity index is 1.95. The fraction of sp³-hybridized carbons (Fsp3) is 0.533. The van der Waals surface area contributed by atoms with E-state index in [0.29, 0.717) is 6.04 Å². The molecule has 0 fully saturated rings. The van der Waals surface area contributed by atoms with Gasteiger partial charge in [-0.05, 0) is 44.4 Å². The van der Waals surface area contributed by atoms with Gasteiger partial charge in [-0.2, -0.15) is 0 Å². The molecule has 2 aromatic rings. The molecule has 0 saturated heterocycles. The van der Waals surface area contributed by atoms with Crippen molar-refractivity contribution in [1.29, 1.82) is 0 Å². The van der Waals surface area contributed by atoms with Crippen LogP contribution in [0.25, 0.3) is 11.0 Å². The van der Waals surface area contributed by atoms with Gasteiger partial charge in [0.25, 0.3) is 0 Å². The van der Waals surface area contributed by atoms with Crippen LogP contribution >= 0.6 is 0 Å². The highest BCUT2D eigenvalue weighted by atomic mass is 15.0. The number of aryl methyl sites for hydroxylation is 2. The van der Waals surface area contributed by atoms with E-state index in [9.17, 15) is 0 Å². The number of para-hydroxylation sites is 1. The molecule has 1 aromatic heterocycles. The lowest BCUT2D eigenvalue weighted by Gasteiger charge is -2.10. The largest absolute Gasteiger partial charge is 0.334 e. The molecular weight excluding hydrogens is 222 g/mol. The van der Waals surface area contributed by atoms with Crippen LogP contribution < -0.4 is 5.32 Å². The van der Waals surface area contributed by atoms with Crippen molar-refractivity contribution in [3.05, 3.63) is 30.1 Å². The van der Waals surface area contributed by atoms with Crippen molar-refractivity contribution >= 4 is 11.0 Å². The fourth-order valence-electron chi connectivity index (χ4n) is 2.19. The van der Waals surface area contributed by atoms with Gasteiger partial charge in [-0.15, -0.1) is 0 Å². The summed E-state index contributed by atoms with van der Waals surface area (Å²) in [5.74, 6) is 0. The van der Waals surface area contributed by atoms with Crippen molar-refractivity contribution in [2.45, 2.75) is 39.2 Å². The van der Waals surface area contributed by atoms with Crippen LogP contribution in [0.1, 0.15) is 32.3 Å². The first-order valence-corrected chi connectivity index (χ1v) is 6.84. The second-order valence-electron chi connectivity index (χ2n) is 5.01. The molecule has 1 atom stereocenters. The number of hydrogen-bond donors (Lipinski definition) is 1. The number of benzene rings is 1. The summed E-state index contributed by atoms with van der Waals surface area (Å²) in [6.07, 6.45) is 5.35.